The molecule has 8 nitrogen and oxygen atoms in total. The zero-order valence-electron chi connectivity index (χ0n) is 13.1. The first-order chi connectivity index (χ1) is 11.7. The maximum atomic E-state index is 12.1. The highest BCUT2D eigenvalue weighted by molar-refractivity contribution is 7.98. The minimum Gasteiger partial charge on any atom is -0.385 e. The molecule has 0 saturated carbocycles. The molecule has 126 valence electrons. The second kappa shape index (κ2) is 7.45. The number of fused-ring (bicyclic) bond motifs is 1. The number of aromatic nitrogens is 5. The lowest BCUT2D eigenvalue weighted by Crippen LogP contribution is -2.18. The maximum absolute atomic E-state index is 12.1. The number of H-pyrrole nitrogens is 1. The van der Waals surface area contributed by atoms with Crippen molar-refractivity contribution < 1.29 is 4.74 Å². The number of rotatable bonds is 7. The zero-order valence-corrected chi connectivity index (χ0v) is 14.0. The van der Waals surface area contributed by atoms with Gasteiger partial charge in [0.15, 0.2) is 5.16 Å². The Morgan fingerprint density at radius 2 is 2.21 bits per heavy atom. The van der Waals surface area contributed by atoms with Gasteiger partial charge in [0, 0.05) is 38.3 Å². The van der Waals surface area contributed by atoms with Crippen LogP contribution in [0.5, 0.6) is 0 Å². The Labute approximate surface area is 141 Å². The molecule has 0 unspecified atom stereocenters. The second-order valence-electron chi connectivity index (χ2n) is 5.11. The van der Waals surface area contributed by atoms with Gasteiger partial charge < -0.3 is 4.74 Å². The fraction of sp³-hybridized carbons (Fsp3) is 0.333. The average molecular weight is 347 g/mol. The van der Waals surface area contributed by atoms with E-state index in [9.17, 15) is 9.59 Å². The minimum atomic E-state index is -0.250. The maximum Gasteiger partial charge on any atom is 0.343 e. The minimum absolute atomic E-state index is 0.129. The summed E-state index contributed by atoms with van der Waals surface area (Å²) in [6.07, 6.45) is 2.40. The van der Waals surface area contributed by atoms with E-state index in [2.05, 4.69) is 15.2 Å². The summed E-state index contributed by atoms with van der Waals surface area (Å²) in [6, 6.07) is 6.90. The smallest absolute Gasteiger partial charge is 0.343 e. The van der Waals surface area contributed by atoms with E-state index >= 15 is 0 Å². The van der Waals surface area contributed by atoms with Gasteiger partial charge >= 0.3 is 5.69 Å². The Morgan fingerprint density at radius 3 is 3.04 bits per heavy atom. The van der Waals surface area contributed by atoms with Crippen molar-refractivity contribution in [1.82, 2.24) is 24.1 Å². The van der Waals surface area contributed by atoms with Gasteiger partial charge in [-0.15, -0.1) is 5.10 Å². The molecule has 0 radical (unpaired) electrons. The molecule has 9 heteroatoms. The van der Waals surface area contributed by atoms with E-state index in [4.69, 9.17) is 4.74 Å². The van der Waals surface area contributed by atoms with Crippen LogP contribution in [0.3, 0.4) is 0 Å². The Hall–Kier alpha value is -2.39. The standard InChI is InChI=1S/C15H17N5O3S/c1-23-8-4-7-20-14(22)17-18-15(20)24-10-11-9-13(21)19-6-3-2-5-12(19)16-11/h2-3,5-6,9H,4,7-8,10H2,1H3,(H,17,22). The first-order valence-corrected chi connectivity index (χ1v) is 8.42. The van der Waals surface area contributed by atoms with Gasteiger partial charge in [0.05, 0.1) is 5.69 Å². The topological polar surface area (TPSA) is 94.3 Å². The highest BCUT2D eigenvalue weighted by atomic mass is 32.2. The molecular formula is C15H17N5O3S. The molecule has 0 aliphatic heterocycles. The summed E-state index contributed by atoms with van der Waals surface area (Å²) < 4.78 is 8.06. The fourth-order valence-electron chi connectivity index (χ4n) is 2.29. The molecule has 0 aliphatic carbocycles. The molecule has 3 rings (SSSR count). The number of nitrogens with zero attached hydrogens (tertiary/aromatic N) is 4. The number of pyridine rings is 1. The van der Waals surface area contributed by atoms with E-state index < -0.39 is 0 Å². The van der Waals surface area contributed by atoms with Crippen molar-refractivity contribution in [2.45, 2.75) is 23.9 Å². The first kappa shape index (κ1) is 16.5. The van der Waals surface area contributed by atoms with Gasteiger partial charge in [-0.05, 0) is 18.6 Å². The van der Waals surface area contributed by atoms with Crippen LogP contribution < -0.4 is 11.2 Å². The first-order valence-electron chi connectivity index (χ1n) is 7.43. The summed E-state index contributed by atoms with van der Waals surface area (Å²) in [5, 5.41) is 7.06. The van der Waals surface area contributed by atoms with Gasteiger partial charge in [-0.3, -0.25) is 13.8 Å². The molecular weight excluding hydrogens is 330 g/mol. The van der Waals surface area contributed by atoms with E-state index in [0.717, 1.165) is 6.42 Å². The lowest BCUT2D eigenvalue weighted by atomic mass is 10.4. The summed E-state index contributed by atoms with van der Waals surface area (Å²) in [4.78, 5) is 28.3. The fourth-order valence-corrected chi connectivity index (χ4v) is 3.16. The highest BCUT2D eigenvalue weighted by Gasteiger charge is 2.10. The normalized spacial score (nSPS) is 11.2. The van der Waals surface area contributed by atoms with E-state index in [1.807, 2.05) is 6.07 Å². The van der Waals surface area contributed by atoms with Crippen LogP contribution in [0.1, 0.15) is 12.1 Å². The molecule has 3 aromatic rings. The van der Waals surface area contributed by atoms with Crippen molar-refractivity contribution in [3.8, 4) is 0 Å². The van der Waals surface area contributed by atoms with Crippen LogP contribution in [0.15, 0.2) is 45.2 Å². The van der Waals surface area contributed by atoms with E-state index in [-0.39, 0.29) is 11.2 Å². The quantitative estimate of drug-likeness (QED) is 0.504. The largest absolute Gasteiger partial charge is 0.385 e. The Morgan fingerprint density at radius 1 is 1.33 bits per heavy atom. The number of hydrogen-bond donors (Lipinski definition) is 1. The molecule has 0 aliphatic rings. The van der Waals surface area contributed by atoms with Crippen molar-refractivity contribution in [3.63, 3.8) is 0 Å². The summed E-state index contributed by atoms with van der Waals surface area (Å²) in [5.74, 6) is 0.454. The van der Waals surface area contributed by atoms with Crippen LogP contribution in [0.4, 0.5) is 0 Å². The van der Waals surface area contributed by atoms with Crippen molar-refractivity contribution in [3.05, 3.63) is 57.0 Å². The predicted molar refractivity (Wildman–Crippen MR) is 90.4 cm³/mol. The summed E-state index contributed by atoms with van der Waals surface area (Å²) in [6.45, 7) is 1.10. The van der Waals surface area contributed by atoms with Gasteiger partial charge in [-0.2, -0.15) is 0 Å². The van der Waals surface area contributed by atoms with E-state index in [1.165, 1.54) is 22.2 Å². The molecule has 0 spiro atoms. The monoisotopic (exact) mass is 347 g/mol. The number of ether oxygens (including phenoxy) is 1. The number of aromatic amines is 1. The third-order valence-corrected chi connectivity index (χ3v) is 4.44. The summed E-state index contributed by atoms with van der Waals surface area (Å²) in [5.41, 5.74) is 0.867. The van der Waals surface area contributed by atoms with Crippen LogP contribution in [0.25, 0.3) is 5.65 Å². The van der Waals surface area contributed by atoms with Crippen LogP contribution >= 0.6 is 11.8 Å². The summed E-state index contributed by atoms with van der Waals surface area (Å²) >= 11 is 1.37. The Balaban J connectivity index is 1.77. The SMILES string of the molecule is COCCCn1c(SCc2cc(=O)n3ccccc3n2)n[nH]c1=O. The molecule has 0 amide bonds. The van der Waals surface area contributed by atoms with Gasteiger partial charge in [0.25, 0.3) is 5.56 Å². The van der Waals surface area contributed by atoms with E-state index in [0.29, 0.717) is 35.4 Å². The molecule has 3 heterocycles. The average Bonchev–Trinajstić information content (AvgIpc) is 2.94. The predicted octanol–water partition coefficient (Wildman–Crippen LogP) is 0.908. The number of methoxy groups -OCH3 is 1. The van der Waals surface area contributed by atoms with Crippen molar-refractivity contribution in [2.75, 3.05) is 13.7 Å². The molecule has 1 N–H and O–H groups in total. The zero-order chi connectivity index (χ0) is 16.9. The Kier molecular flexibility index (Phi) is 5.11. The molecule has 0 aromatic carbocycles. The van der Waals surface area contributed by atoms with Crippen LogP contribution in [0.2, 0.25) is 0 Å². The third kappa shape index (κ3) is 3.57. The van der Waals surface area contributed by atoms with Gasteiger partial charge in [0.2, 0.25) is 0 Å². The van der Waals surface area contributed by atoms with Crippen LogP contribution in [-0.4, -0.2) is 37.9 Å². The lowest BCUT2D eigenvalue weighted by molar-refractivity contribution is 0.189. The van der Waals surface area contributed by atoms with Crippen LogP contribution in [-0.2, 0) is 17.0 Å². The summed E-state index contributed by atoms with van der Waals surface area (Å²) in [7, 11) is 1.62. The van der Waals surface area contributed by atoms with Gasteiger partial charge in [0.1, 0.15) is 5.65 Å². The molecule has 3 aromatic heterocycles. The number of nitrogens with one attached hydrogen (secondary N) is 1. The third-order valence-electron chi connectivity index (χ3n) is 3.43. The van der Waals surface area contributed by atoms with E-state index in [1.54, 1.807) is 30.0 Å². The molecule has 0 fully saturated rings. The van der Waals surface area contributed by atoms with Crippen molar-refractivity contribution >= 4 is 17.4 Å². The molecule has 0 saturated heterocycles. The van der Waals surface area contributed by atoms with Crippen molar-refractivity contribution in [2.24, 2.45) is 0 Å². The lowest BCUT2D eigenvalue weighted by Gasteiger charge is -2.06. The Bertz CT molecular complexity index is 946. The van der Waals surface area contributed by atoms with Gasteiger partial charge in [-0.25, -0.2) is 14.9 Å². The molecule has 0 bridgehead atoms. The van der Waals surface area contributed by atoms with Crippen molar-refractivity contribution in [1.29, 1.82) is 0 Å². The molecule has 0 atom stereocenters. The van der Waals surface area contributed by atoms with Crippen LogP contribution in [0, 0.1) is 0 Å². The molecule has 24 heavy (non-hydrogen) atoms. The highest BCUT2D eigenvalue weighted by Crippen LogP contribution is 2.18. The number of hydrogen-bond acceptors (Lipinski definition) is 6. The van der Waals surface area contributed by atoms with Gasteiger partial charge in [-0.1, -0.05) is 17.8 Å². The second-order valence-corrected chi connectivity index (χ2v) is 6.06. The number of thioether (sulfide) groups is 1.